The maximum Gasteiger partial charge on any atom is 0.141 e. The first-order valence-corrected chi connectivity index (χ1v) is 6.01. The van der Waals surface area contributed by atoms with Crippen molar-refractivity contribution in [3.8, 4) is 5.69 Å². The molecule has 3 aromatic rings. The van der Waals surface area contributed by atoms with E-state index in [2.05, 4.69) is 15.3 Å². The highest BCUT2D eigenvalue weighted by atomic mass is 19.1. The van der Waals surface area contributed by atoms with Crippen LogP contribution in [-0.4, -0.2) is 25.1 Å². The van der Waals surface area contributed by atoms with E-state index in [1.165, 1.54) is 23.0 Å². The molecule has 2 heterocycles. The van der Waals surface area contributed by atoms with Gasteiger partial charge in [0.2, 0.25) is 0 Å². The van der Waals surface area contributed by atoms with E-state index in [0.717, 1.165) is 11.9 Å². The average molecular weight is 270 g/mol. The maximum absolute atomic E-state index is 12.9. The molecule has 1 aromatic carbocycles. The normalized spacial score (nSPS) is 12.3. The van der Waals surface area contributed by atoms with Gasteiger partial charge in [-0.15, -0.1) is 5.10 Å². The summed E-state index contributed by atoms with van der Waals surface area (Å²) in [7, 11) is 0. The first kappa shape index (κ1) is 12.4. The van der Waals surface area contributed by atoms with Crippen LogP contribution in [0.2, 0.25) is 0 Å². The summed E-state index contributed by atoms with van der Waals surface area (Å²) in [4.78, 5) is 3.88. The third-order valence-corrected chi connectivity index (χ3v) is 2.89. The third kappa shape index (κ3) is 2.28. The quantitative estimate of drug-likeness (QED) is 0.789. The van der Waals surface area contributed by atoms with Crippen molar-refractivity contribution < 1.29 is 9.50 Å². The van der Waals surface area contributed by atoms with E-state index < -0.39 is 11.9 Å². The smallest absolute Gasteiger partial charge is 0.141 e. The van der Waals surface area contributed by atoms with Crippen molar-refractivity contribution in [3.05, 3.63) is 72.1 Å². The van der Waals surface area contributed by atoms with Crippen molar-refractivity contribution in [1.29, 1.82) is 0 Å². The minimum atomic E-state index is -1.02. The van der Waals surface area contributed by atoms with Gasteiger partial charge >= 0.3 is 0 Å². The molecule has 0 aliphatic rings. The number of aliphatic hydroxyl groups is 1. The fourth-order valence-electron chi connectivity index (χ4n) is 1.90. The van der Waals surface area contributed by atoms with E-state index in [-0.39, 0.29) is 0 Å². The fourth-order valence-corrected chi connectivity index (χ4v) is 1.90. The SMILES string of the molecule is OC(c1ccc(F)cn1)c1cnnn1-c1ccccc1. The molecule has 5 nitrogen and oxygen atoms in total. The van der Waals surface area contributed by atoms with E-state index in [9.17, 15) is 9.50 Å². The van der Waals surface area contributed by atoms with E-state index in [1.807, 2.05) is 30.3 Å². The number of hydrogen-bond acceptors (Lipinski definition) is 4. The molecule has 1 N–H and O–H groups in total. The van der Waals surface area contributed by atoms with Gasteiger partial charge in [0, 0.05) is 0 Å². The fraction of sp³-hybridized carbons (Fsp3) is 0.0714. The van der Waals surface area contributed by atoms with Gasteiger partial charge in [-0.25, -0.2) is 9.07 Å². The number of aromatic nitrogens is 4. The van der Waals surface area contributed by atoms with Gasteiger partial charge in [-0.2, -0.15) is 0 Å². The summed E-state index contributed by atoms with van der Waals surface area (Å²) in [5.74, 6) is -0.448. The largest absolute Gasteiger partial charge is 0.380 e. The van der Waals surface area contributed by atoms with Crippen LogP contribution >= 0.6 is 0 Å². The van der Waals surface area contributed by atoms with Crippen LogP contribution < -0.4 is 0 Å². The highest BCUT2D eigenvalue weighted by molar-refractivity contribution is 5.33. The highest BCUT2D eigenvalue weighted by Crippen LogP contribution is 2.21. The van der Waals surface area contributed by atoms with Crippen LogP contribution in [0.1, 0.15) is 17.5 Å². The number of aliphatic hydroxyl groups excluding tert-OH is 1. The molecular formula is C14H11FN4O. The molecule has 3 rings (SSSR count). The van der Waals surface area contributed by atoms with Crippen LogP contribution in [0.5, 0.6) is 0 Å². The molecule has 2 aromatic heterocycles. The van der Waals surface area contributed by atoms with Crippen molar-refractivity contribution in [2.45, 2.75) is 6.10 Å². The summed E-state index contributed by atoms with van der Waals surface area (Å²) in [6, 6.07) is 12.0. The summed E-state index contributed by atoms with van der Waals surface area (Å²) in [5, 5.41) is 18.1. The molecule has 6 heteroatoms. The predicted octanol–water partition coefficient (Wildman–Crippen LogP) is 1.88. The van der Waals surface area contributed by atoms with Crippen LogP contribution in [0, 0.1) is 5.82 Å². The van der Waals surface area contributed by atoms with Crippen LogP contribution in [0.3, 0.4) is 0 Å². The summed E-state index contributed by atoms with van der Waals surface area (Å²) in [6.45, 7) is 0. The zero-order chi connectivity index (χ0) is 13.9. The Morgan fingerprint density at radius 3 is 2.55 bits per heavy atom. The summed E-state index contributed by atoms with van der Waals surface area (Å²) >= 11 is 0. The second kappa shape index (κ2) is 5.18. The zero-order valence-electron chi connectivity index (χ0n) is 10.4. The molecule has 0 saturated carbocycles. The predicted molar refractivity (Wildman–Crippen MR) is 69.6 cm³/mol. The number of rotatable bonds is 3. The summed E-state index contributed by atoms with van der Waals surface area (Å²) in [5.41, 5.74) is 1.59. The second-order valence-corrected chi connectivity index (χ2v) is 4.21. The van der Waals surface area contributed by atoms with Gasteiger partial charge in [-0.3, -0.25) is 4.98 Å². The first-order chi connectivity index (χ1) is 9.75. The Kier molecular flexibility index (Phi) is 3.22. The Labute approximate surface area is 114 Å². The number of pyridine rings is 1. The van der Waals surface area contributed by atoms with Gasteiger partial charge in [0.15, 0.2) is 0 Å². The number of nitrogens with zero attached hydrogens (tertiary/aromatic N) is 4. The van der Waals surface area contributed by atoms with Crippen LogP contribution in [0.4, 0.5) is 4.39 Å². The molecule has 0 saturated heterocycles. The molecule has 0 spiro atoms. The molecule has 0 aliphatic heterocycles. The average Bonchev–Trinajstić information content (AvgIpc) is 2.97. The zero-order valence-corrected chi connectivity index (χ0v) is 10.4. The Balaban J connectivity index is 1.99. The van der Waals surface area contributed by atoms with Gasteiger partial charge < -0.3 is 5.11 Å². The Hall–Kier alpha value is -2.60. The van der Waals surface area contributed by atoms with Crippen molar-refractivity contribution in [1.82, 2.24) is 20.0 Å². The molecule has 1 unspecified atom stereocenters. The Bertz CT molecular complexity index is 697. The molecule has 20 heavy (non-hydrogen) atoms. The van der Waals surface area contributed by atoms with E-state index >= 15 is 0 Å². The van der Waals surface area contributed by atoms with Crippen molar-refractivity contribution in [2.24, 2.45) is 0 Å². The Morgan fingerprint density at radius 2 is 1.85 bits per heavy atom. The van der Waals surface area contributed by atoms with Gasteiger partial charge in [-0.1, -0.05) is 23.4 Å². The van der Waals surface area contributed by atoms with E-state index in [1.54, 1.807) is 0 Å². The van der Waals surface area contributed by atoms with Crippen molar-refractivity contribution in [3.63, 3.8) is 0 Å². The lowest BCUT2D eigenvalue weighted by Gasteiger charge is -2.11. The van der Waals surface area contributed by atoms with E-state index in [0.29, 0.717) is 11.4 Å². The minimum Gasteiger partial charge on any atom is -0.380 e. The second-order valence-electron chi connectivity index (χ2n) is 4.21. The number of benzene rings is 1. The lowest BCUT2D eigenvalue weighted by Crippen LogP contribution is -2.09. The standard InChI is InChI=1S/C14H11FN4O/c15-10-6-7-12(16-8-10)14(20)13-9-17-18-19(13)11-4-2-1-3-5-11/h1-9,14,20H. The molecule has 100 valence electrons. The molecule has 0 fully saturated rings. The third-order valence-electron chi connectivity index (χ3n) is 2.89. The lowest BCUT2D eigenvalue weighted by atomic mass is 10.1. The van der Waals surface area contributed by atoms with Gasteiger partial charge in [0.05, 0.1) is 29.5 Å². The molecular weight excluding hydrogens is 259 g/mol. The van der Waals surface area contributed by atoms with Crippen LogP contribution in [-0.2, 0) is 0 Å². The topological polar surface area (TPSA) is 63.8 Å². The van der Waals surface area contributed by atoms with E-state index in [4.69, 9.17) is 0 Å². The van der Waals surface area contributed by atoms with Crippen LogP contribution in [0.15, 0.2) is 54.9 Å². The lowest BCUT2D eigenvalue weighted by molar-refractivity contribution is 0.207. The number of hydrogen-bond donors (Lipinski definition) is 1. The minimum absolute atomic E-state index is 0.339. The monoisotopic (exact) mass is 270 g/mol. The van der Waals surface area contributed by atoms with Crippen LogP contribution in [0.25, 0.3) is 5.69 Å². The maximum atomic E-state index is 12.9. The van der Waals surface area contributed by atoms with Gasteiger partial charge in [0.1, 0.15) is 11.9 Å². The van der Waals surface area contributed by atoms with Gasteiger partial charge in [-0.05, 0) is 24.3 Å². The molecule has 1 atom stereocenters. The van der Waals surface area contributed by atoms with Crippen molar-refractivity contribution >= 4 is 0 Å². The summed E-state index contributed by atoms with van der Waals surface area (Å²) in [6.07, 6.45) is 1.50. The molecule has 0 aliphatic carbocycles. The van der Waals surface area contributed by atoms with Crippen molar-refractivity contribution in [2.75, 3.05) is 0 Å². The Morgan fingerprint density at radius 1 is 1.05 bits per heavy atom. The highest BCUT2D eigenvalue weighted by Gasteiger charge is 2.18. The molecule has 0 bridgehead atoms. The molecule has 0 radical (unpaired) electrons. The first-order valence-electron chi connectivity index (χ1n) is 6.01. The molecule has 0 amide bonds. The van der Waals surface area contributed by atoms with Gasteiger partial charge in [0.25, 0.3) is 0 Å². The number of halogens is 1. The number of para-hydroxylation sites is 1. The summed E-state index contributed by atoms with van der Waals surface area (Å²) < 4.78 is 14.4.